The predicted molar refractivity (Wildman–Crippen MR) is 65.3 cm³/mol. The van der Waals surface area contributed by atoms with Crippen LogP contribution in [0.25, 0.3) is 0 Å². The Labute approximate surface area is 95.9 Å². The molecule has 16 heavy (non-hydrogen) atoms. The van der Waals surface area contributed by atoms with E-state index < -0.39 is 0 Å². The summed E-state index contributed by atoms with van der Waals surface area (Å²) in [5.74, 6) is 1.01. The SMILES string of the molecule is CNC(Cc1ncc[nH]1)c1ccc(C)cc1. The van der Waals surface area contributed by atoms with Crippen molar-refractivity contribution < 1.29 is 0 Å². The van der Waals surface area contributed by atoms with E-state index in [2.05, 4.69) is 46.5 Å². The largest absolute Gasteiger partial charge is 0.349 e. The van der Waals surface area contributed by atoms with Crippen molar-refractivity contribution in [1.29, 1.82) is 0 Å². The Morgan fingerprint density at radius 2 is 2.06 bits per heavy atom. The normalized spacial score (nSPS) is 12.6. The molecule has 0 aliphatic rings. The summed E-state index contributed by atoms with van der Waals surface area (Å²) in [4.78, 5) is 7.38. The highest BCUT2D eigenvalue weighted by atomic mass is 14.9. The van der Waals surface area contributed by atoms with Crippen LogP contribution in [0.4, 0.5) is 0 Å². The summed E-state index contributed by atoms with van der Waals surface area (Å²) in [5.41, 5.74) is 2.58. The minimum atomic E-state index is 0.312. The standard InChI is InChI=1S/C13H17N3/c1-10-3-5-11(6-4-10)12(14-2)9-13-15-7-8-16-13/h3-8,12,14H,9H2,1-2H3,(H,15,16). The first-order valence-corrected chi connectivity index (χ1v) is 5.51. The van der Waals surface area contributed by atoms with E-state index in [-0.39, 0.29) is 0 Å². The van der Waals surface area contributed by atoms with Gasteiger partial charge in [-0.05, 0) is 19.5 Å². The Morgan fingerprint density at radius 1 is 1.31 bits per heavy atom. The molecule has 0 spiro atoms. The molecular weight excluding hydrogens is 198 g/mol. The number of rotatable bonds is 4. The van der Waals surface area contributed by atoms with Crippen LogP contribution in [0.1, 0.15) is 23.0 Å². The molecular formula is C13H17N3. The zero-order valence-corrected chi connectivity index (χ0v) is 9.70. The Hall–Kier alpha value is -1.61. The van der Waals surface area contributed by atoms with Gasteiger partial charge in [-0.15, -0.1) is 0 Å². The van der Waals surface area contributed by atoms with Crippen molar-refractivity contribution in [2.75, 3.05) is 7.05 Å². The molecule has 2 aromatic rings. The highest BCUT2D eigenvalue weighted by Gasteiger charge is 2.10. The third kappa shape index (κ3) is 2.49. The number of hydrogen-bond donors (Lipinski definition) is 2. The summed E-state index contributed by atoms with van der Waals surface area (Å²) in [7, 11) is 1.98. The number of likely N-dealkylation sites (N-methyl/N-ethyl adjacent to an activating group) is 1. The van der Waals surface area contributed by atoms with Crippen molar-refractivity contribution in [3.8, 4) is 0 Å². The smallest absolute Gasteiger partial charge is 0.107 e. The van der Waals surface area contributed by atoms with E-state index in [1.165, 1.54) is 11.1 Å². The van der Waals surface area contributed by atoms with E-state index in [9.17, 15) is 0 Å². The second-order valence-electron chi connectivity index (χ2n) is 3.99. The highest BCUT2D eigenvalue weighted by Crippen LogP contribution is 2.16. The lowest BCUT2D eigenvalue weighted by molar-refractivity contribution is 0.578. The van der Waals surface area contributed by atoms with Crippen molar-refractivity contribution >= 4 is 0 Å². The average molecular weight is 215 g/mol. The van der Waals surface area contributed by atoms with Crippen LogP contribution < -0.4 is 5.32 Å². The quantitative estimate of drug-likeness (QED) is 0.821. The number of imidazole rings is 1. The second-order valence-corrected chi connectivity index (χ2v) is 3.99. The number of benzene rings is 1. The maximum atomic E-state index is 4.25. The molecule has 2 N–H and O–H groups in total. The third-order valence-electron chi connectivity index (χ3n) is 2.78. The molecule has 0 radical (unpaired) electrons. The van der Waals surface area contributed by atoms with Gasteiger partial charge >= 0.3 is 0 Å². The van der Waals surface area contributed by atoms with E-state index in [0.29, 0.717) is 6.04 Å². The fraction of sp³-hybridized carbons (Fsp3) is 0.308. The summed E-state index contributed by atoms with van der Waals surface area (Å²) < 4.78 is 0. The molecule has 1 atom stereocenters. The Bertz CT molecular complexity index is 417. The second kappa shape index (κ2) is 4.94. The summed E-state index contributed by atoms with van der Waals surface area (Å²) in [6, 6.07) is 8.93. The molecule has 0 aliphatic heterocycles. The maximum absolute atomic E-state index is 4.25. The van der Waals surface area contributed by atoms with E-state index in [0.717, 1.165) is 12.2 Å². The molecule has 1 unspecified atom stereocenters. The summed E-state index contributed by atoms with van der Waals surface area (Å²) in [6.07, 6.45) is 4.53. The van der Waals surface area contributed by atoms with Crippen LogP contribution in [0, 0.1) is 6.92 Å². The van der Waals surface area contributed by atoms with Crippen LogP contribution in [0.15, 0.2) is 36.7 Å². The van der Waals surface area contributed by atoms with Crippen molar-refractivity contribution in [2.45, 2.75) is 19.4 Å². The van der Waals surface area contributed by atoms with Crippen LogP contribution in [0.3, 0.4) is 0 Å². The molecule has 84 valence electrons. The molecule has 1 aromatic carbocycles. The Kier molecular flexibility index (Phi) is 3.37. The summed E-state index contributed by atoms with van der Waals surface area (Å²) >= 11 is 0. The van der Waals surface area contributed by atoms with Gasteiger partial charge in [0.1, 0.15) is 5.82 Å². The van der Waals surface area contributed by atoms with Crippen molar-refractivity contribution in [3.63, 3.8) is 0 Å². The molecule has 0 aliphatic carbocycles. The van der Waals surface area contributed by atoms with Crippen LogP contribution >= 0.6 is 0 Å². The van der Waals surface area contributed by atoms with Gasteiger partial charge in [0.05, 0.1) is 0 Å². The number of aromatic amines is 1. The molecule has 3 heteroatoms. The zero-order chi connectivity index (χ0) is 11.4. The van der Waals surface area contributed by atoms with Gasteiger partial charge in [0.25, 0.3) is 0 Å². The fourth-order valence-electron chi connectivity index (χ4n) is 1.79. The van der Waals surface area contributed by atoms with Gasteiger partial charge in [-0.1, -0.05) is 29.8 Å². The monoisotopic (exact) mass is 215 g/mol. The first-order chi connectivity index (χ1) is 7.79. The lowest BCUT2D eigenvalue weighted by Gasteiger charge is -2.15. The van der Waals surface area contributed by atoms with Gasteiger partial charge < -0.3 is 10.3 Å². The minimum Gasteiger partial charge on any atom is -0.349 e. The summed E-state index contributed by atoms with van der Waals surface area (Å²) in [5, 5.41) is 3.32. The highest BCUT2D eigenvalue weighted by molar-refractivity contribution is 5.24. The fourth-order valence-corrected chi connectivity index (χ4v) is 1.79. The lowest BCUT2D eigenvalue weighted by Crippen LogP contribution is -2.19. The topological polar surface area (TPSA) is 40.7 Å². The molecule has 2 rings (SSSR count). The summed E-state index contributed by atoms with van der Waals surface area (Å²) in [6.45, 7) is 2.10. The van der Waals surface area contributed by atoms with Gasteiger partial charge in [-0.2, -0.15) is 0 Å². The van der Waals surface area contributed by atoms with Crippen molar-refractivity contribution in [1.82, 2.24) is 15.3 Å². The number of aryl methyl sites for hydroxylation is 1. The molecule has 0 bridgehead atoms. The van der Waals surface area contributed by atoms with Gasteiger partial charge in [0.2, 0.25) is 0 Å². The predicted octanol–water partition coefficient (Wildman–Crippen LogP) is 2.22. The number of nitrogens with zero attached hydrogens (tertiary/aromatic N) is 1. The van der Waals surface area contributed by atoms with Gasteiger partial charge in [0, 0.05) is 24.9 Å². The van der Waals surface area contributed by atoms with E-state index in [4.69, 9.17) is 0 Å². The first kappa shape index (κ1) is 10.9. The molecule has 1 heterocycles. The number of aromatic nitrogens is 2. The molecule has 3 nitrogen and oxygen atoms in total. The minimum absolute atomic E-state index is 0.312. The average Bonchev–Trinajstić information content (AvgIpc) is 2.80. The zero-order valence-electron chi connectivity index (χ0n) is 9.70. The Balaban J connectivity index is 2.13. The van der Waals surface area contributed by atoms with Gasteiger partial charge in [0.15, 0.2) is 0 Å². The van der Waals surface area contributed by atoms with Crippen molar-refractivity contribution in [3.05, 3.63) is 53.6 Å². The molecule has 0 saturated carbocycles. The van der Waals surface area contributed by atoms with Gasteiger partial charge in [-0.25, -0.2) is 4.98 Å². The number of H-pyrrole nitrogens is 1. The maximum Gasteiger partial charge on any atom is 0.107 e. The van der Waals surface area contributed by atoms with Crippen LogP contribution in [-0.4, -0.2) is 17.0 Å². The lowest BCUT2D eigenvalue weighted by atomic mass is 10.0. The molecule has 1 aromatic heterocycles. The van der Waals surface area contributed by atoms with E-state index in [1.807, 2.05) is 13.2 Å². The van der Waals surface area contributed by atoms with E-state index >= 15 is 0 Å². The number of hydrogen-bond acceptors (Lipinski definition) is 2. The van der Waals surface area contributed by atoms with Crippen LogP contribution in [0.2, 0.25) is 0 Å². The number of nitrogens with one attached hydrogen (secondary N) is 2. The Morgan fingerprint density at radius 3 is 2.62 bits per heavy atom. The van der Waals surface area contributed by atoms with Crippen molar-refractivity contribution in [2.24, 2.45) is 0 Å². The van der Waals surface area contributed by atoms with E-state index in [1.54, 1.807) is 6.20 Å². The van der Waals surface area contributed by atoms with Crippen LogP contribution in [-0.2, 0) is 6.42 Å². The van der Waals surface area contributed by atoms with Crippen LogP contribution in [0.5, 0.6) is 0 Å². The first-order valence-electron chi connectivity index (χ1n) is 5.51. The molecule has 0 fully saturated rings. The molecule has 0 saturated heterocycles. The van der Waals surface area contributed by atoms with Gasteiger partial charge in [-0.3, -0.25) is 0 Å². The molecule has 0 amide bonds. The third-order valence-corrected chi connectivity index (χ3v) is 2.78.